The predicted octanol–water partition coefficient (Wildman–Crippen LogP) is 6.74. The first kappa shape index (κ1) is 30.4. The summed E-state index contributed by atoms with van der Waals surface area (Å²) in [4.78, 5) is 14.0. The van der Waals surface area contributed by atoms with Gasteiger partial charge in [0.1, 0.15) is 29.5 Å². The van der Waals surface area contributed by atoms with Gasteiger partial charge in [0.15, 0.2) is 0 Å². The molecule has 1 amide bonds. The fourth-order valence-electron chi connectivity index (χ4n) is 4.21. The van der Waals surface area contributed by atoms with Crippen molar-refractivity contribution in [2.75, 3.05) is 32.6 Å². The zero-order chi connectivity index (χ0) is 28.4. The summed E-state index contributed by atoms with van der Waals surface area (Å²) in [6.45, 7) is 15.7. The third-order valence-corrected chi connectivity index (χ3v) is 6.76. The Kier molecular flexibility index (Phi) is 11.2. The van der Waals surface area contributed by atoms with E-state index in [0.29, 0.717) is 55.7 Å². The molecule has 0 bridgehead atoms. The van der Waals surface area contributed by atoms with Crippen LogP contribution >= 0.6 is 0 Å². The molecule has 1 heterocycles. The van der Waals surface area contributed by atoms with E-state index in [-0.39, 0.29) is 12.2 Å². The molecule has 1 unspecified atom stereocenters. The first-order valence-electron chi connectivity index (χ1n) is 13.3. The molecule has 0 aromatic heterocycles. The minimum atomic E-state index is -0.941. The van der Waals surface area contributed by atoms with Crippen molar-refractivity contribution in [3.8, 4) is 17.2 Å². The van der Waals surface area contributed by atoms with Gasteiger partial charge in [0, 0.05) is 47.5 Å². The Morgan fingerprint density at radius 3 is 2.49 bits per heavy atom. The zero-order valence-corrected chi connectivity index (χ0v) is 24.4. The van der Waals surface area contributed by atoms with E-state index in [0.717, 1.165) is 29.5 Å². The Morgan fingerprint density at radius 2 is 1.82 bits per heavy atom. The lowest BCUT2D eigenvalue weighted by atomic mass is 10.0. The fourth-order valence-corrected chi connectivity index (χ4v) is 4.86. The molecule has 0 N–H and O–H groups in total. The van der Waals surface area contributed by atoms with Crippen LogP contribution in [0.3, 0.4) is 0 Å². The quantitative estimate of drug-likeness (QED) is 0.213. The summed E-state index contributed by atoms with van der Waals surface area (Å²) >= 11 is 0. The summed E-state index contributed by atoms with van der Waals surface area (Å²) in [6.07, 6.45) is 5.49. The SMILES string of the molecule is C=CCC(=C)c1cc(CS(C)=O)ccc1Oc1cccc(OCCOC2CCN(C(=O)OC(C)(C)C)CC2)c1. The second-order valence-corrected chi connectivity index (χ2v) is 12.0. The lowest BCUT2D eigenvalue weighted by Crippen LogP contribution is -2.43. The van der Waals surface area contributed by atoms with Crippen LogP contribution in [-0.4, -0.2) is 59.5 Å². The molecule has 1 aliphatic rings. The summed E-state index contributed by atoms with van der Waals surface area (Å²) in [7, 11) is -0.941. The number of benzene rings is 2. The van der Waals surface area contributed by atoms with Gasteiger partial charge in [0.05, 0.1) is 12.7 Å². The van der Waals surface area contributed by atoms with Crippen molar-refractivity contribution in [2.24, 2.45) is 0 Å². The lowest BCUT2D eigenvalue weighted by Gasteiger charge is -2.33. The third kappa shape index (κ3) is 10.2. The largest absolute Gasteiger partial charge is 0.491 e. The molecular weight excluding hydrogens is 514 g/mol. The van der Waals surface area contributed by atoms with Crippen molar-refractivity contribution >= 4 is 22.5 Å². The van der Waals surface area contributed by atoms with Crippen LogP contribution in [0.5, 0.6) is 17.2 Å². The lowest BCUT2D eigenvalue weighted by molar-refractivity contribution is -0.0177. The smallest absolute Gasteiger partial charge is 0.410 e. The van der Waals surface area contributed by atoms with Gasteiger partial charge in [-0.3, -0.25) is 4.21 Å². The van der Waals surface area contributed by atoms with Crippen LogP contribution < -0.4 is 9.47 Å². The Bertz CT molecular complexity index is 1160. The van der Waals surface area contributed by atoms with Crippen LogP contribution in [0.1, 0.15) is 51.2 Å². The number of likely N-dealkylation sites (tertiary alicyclic amines) is 1. The van der Waals surface area contributed by atoms with E-state index in [1.54, 1.807) is 17.2 Å². The highest BCUT2D eigenvalue weighted by Crippen LogP contribution is 2.33. The van der Waals surface area contributed by atoms with E-state index in [4.69, 9.17) is 18.9 Å². The number of amides is 1. The van der Waals surface area contributed by atoms with Crippen LogP contribution in [0.25, 0.3) is 5.57 Å². The van der Waals surface area contributed by atoms with E-state index in [2.05, 4.69) is 13.2 Å². The molecule has 1 atom stereocenters. The zero-order valence-electron chi connectivity index (χ0n) is 23.6. The van der Waals surface area contributed by atoms with Gasteiger partial charge in [-0.05, 0) is 75.4 Å². The maximum absolute atomic E-state index is 12.2. The summed E-state index contributed by atoms with van der Waals surface area (Å²) in [5.74, 6) is 2.47. The molecule has 7 nitrogen and oxygen atoms in total. The number of hydrogen-bond donors (Lipinski definition) is 0. The Balaban J connectivity index is 1.50. The van der Waals surface area contributed by atoms with Crippen LogP contribution in [0.4, 0.5) is 4.79 Å². The van der Waals surface area contributed by atoms with Gasteiger partial charge < -0.3 is 23.8 Å². The molecule has 1 saturated heterocycles. The average Bonchev–Trinajstić information content (AvgIpc) is 2.87. The molecule has 3 rings (SSSR count). The van der Waals surface area contributed by atoms with Crippen molar-refractivity contribution in [3.63, 3.8) is 0 Å². The van der Waals surface area contributed by atoms with Crippen LogP contribution in [-0.2, 0) is 26.0 Å². The second kappa shape index (κ2) is 14.3. The summed E-state index contributed by atoms with van der Waals surface area (Å²) in [5, 5.41) is 0. The van der Waals surface area contributed by atoms with Crippen molar-refractivity contribution in [1.29, 1.82) is 0 Å². The van der Waals surface area contributed by atoms with Crippen molar-refractivity contribution in [1.82, 2.24) is 4.90 Å². The van der Waals surface area contributed by atoms with Crippen molar-refractivity contribution < 1.29 is 28.0 Å². The molecule has 39 heavy (non-hydrogen) atoms. The number of carbonyl (C=O) groups is 1. The fraction of sp³-hybridized carbons (Fsp3) is 0.452. The number of nitrogens with zero attached hydrogens (tertiary/aromatic N) is 1. The number of rotatable bonds is 12. The highest BCUT2D eigenvalue weighted by atomic mass is 32.2. The van der Waals surface area contributed by atoms with E-state index in [9.17, 15) is 9.00 Å². The highest BCUT2D eigenvalue weighted by Gasteiger charge is 2.27. The van der Waals surface area contributed by atoms with Gasteiger partial charge in [0.25, 0.3) is 0 Å². The molecule has 212 valence electrons. The molecule has 0 aliphatic carbocycles. The summed E-state index contributed by atoms with van der Waals surface area (Å²) in [5.41, 5.74) is 2.23. The molecule has 1 aliphatic heterocycles. The maximum Gasteiger partial charge on any atom is 0.410 e. The number of allylic oxidation sites excluding steroid dienone is 2. The predicted molar refractivity (Wildman–Crippen MR) is 157 cm³/mol. The minimum absolute atomic E-state index is 0.0946. The maximum atomic E-state index is 12.2. The van der Waals surface area contributed by atoms with Crippen LogP contribution in [0, 0.1) is 0 Å². The second-order valence-electron chi connectivity index (χ2n) is 10.6. The van der Waals surface area contributed by atoms with Gasteiger partial charge in [-0.25, -0.2) is 4.79 Å². The first-order valence-corrected chi connectivity index (χ1v) is 15.0. The first-order chi connectivity index (χ1) is 18.5. The summed E-state index contributed by atoms with van der Waals surface area (Å²) in [6, 6.07) is 13.3. The molecular formula is C31H41NO6S. The molecule has 1 fully saturated rings. The Morgan fingerprint density at radius 1 is 1.10 bits per heavy atom. The molecule has 2 aromatic carbocycles. The standard InChI is InChI=1S/C31H41NO6S/c1-7-9-23(2)28-20-24(22-39(6)34)12-13-29(28)37-27-11-8-10-26(21-27)36-19-18-35-25-14-16-32(17-15-25)30(33)38-31(3,4)5/h7-8,10-13,20-21,25H,1-2,9,14-19,22H2,3-6H3. The highest BCUT2D eigenvalue weighted by molar-refractivity contribution is 7.83. The van der Waals surface area contributed by atoms with Gasteiger partial charge >= 0.3 is 6.09 Å². The normalized spacial score (nSPS) is 14.9. The number of ether oxygens (including phenoxy) is 4. The van der Waals surface area contributed by atoms with Crippen LogP contribution in [0.15, 0.2) is 61.7 Å². The minimum Gasteiger partial charge on any atom is -0.491 e. The van der Waals surface area contributed by atoms with Gasteiger partial charge in [-0.15, -0.1) is 6.58 Å². The van der Waals surface area contributed by atoms with E-state index < -0.39 is 16.4 Å². The van der Waals surface area contributed by atoms with Gasteiger partial charge in [-0.1, -0.05) is 24.8 Å². The van der Waals surface area contributed by atoms with E-state index >= 15 is 0 Å². The average molecular weight is 556 g/mol. The molecule has 8 heteroatoms. The van der Waals surface area contributed by atoms with Crippen molar-refractivity contribution in [3.05, 3.63) is 72.8 Å². The topological polar surface area (TPSA) is 74.3 Å². The number of piperidine rings is 1. The number of carbonyl (C=O) groups excluding carboxylic acids is 1. The van der Waals surface area contributed by atoms with Gasteiger partial charge in [0.2, 0.25) is 0 Å². The summed E-state index contributed by atoms with van der Waals surface area (Å²) < 4.78 is 35.3. The van der Waals surface area contributed by atoms with E-state index in [1.807, 2.05) is 63.2 Å². The molecule has 0 spiro atoms. The van der Waals surface area contributed by atoms with Gasteiger partial charge in [-0.2, -0.15) is 0 Å². The molecule has 2 aromatic rings. The Hall–Kier alpha value is -3.10. The Labute approximate surface area is 235 Å². The van der Waals surface area contributed by atoms with E-state index in [1.165, 1.54) is 0 Å². The number of hydrogen-bond acceptors (Lipinski definition) is 6. The monoisotopic (exact) mass is 555 g/mol. The molecule has 0 saturated carbocycles. The van der Waals surface area contributed by atoms with Crippen LogP contribution in [0.2, 0.25) is 0 Å². The van der Waals surface area contributed by atoms with Crippen molar-refractivity contribution in [2.45, 2.75) is 57.5 Å². The third-order valence-electron chi connectivity index (χ3n) is 6.02. The molecule has 0 radical (unpaired) electrons.